The van der Waals surface area contributed by atoms with Crippen molar-refractivity contribution in [2.24, 2.45) is 11.8 Å². The standard InChI is InChI=1S/C13H17BrN2O/c1-9-7-10(8-9)5-6-13(17)16-12-4-2-3-11(14)15-12/h2-4,9-10H,5-8H2,1H3,(H,15,16,17). The number of hydrogen-bond donors (Lipinski definition) is 1. The monoisotopic (exact) mass is 296 g/mol. The van der Waals surface area contributed by atoms with Gasteiger partial charge in [0.1, 0.15) is 10.4 Å². The van der Waals surface area contributed by atoms with Gasteiger partial charge in [-0.05, 0) is 59.2 Å². The van der Waals surface area contributed by atoms with Crippen LogP contribution in [0.25, 0.3) is 0 Å². The average Bonchev–Trinajstić information content (AvgIpc) is 2.23. The summed E-state index contributed by atoms with van der Waals surface area (Å²) in [4.78, 5) is 15.9. The number of nitrogens with zero attached hydrogens (tertiary/aromatic N) is 1. The van der Waals surface area contributed by atoms with E-state index in [1.165, 1.54) is 12.8 Å². The molecule has 0 saturated heterocycles. The number of rotatable bonds is 4. The summed E-state index contributed by atoms with van der Waals surface area (Å²) >= 11 is 3.28. The molecule has 92 valence electrons. The van der Waals surface area contributed by atoms with Crippen LogP contribution < -0.4 is 5.32 Å². The molecule has 3 nitrogen and oxygen atoms in total. The maximum atomic E-state index is 11.7. The molecular weight excluding hydrogens is 280 g/mol. The van der Waals surface area contributed by atoms with Gasteiger partial charge in [-0.2, -0.15) is 0 Å². The molecule has 1 fully saturated rings. The number of hydrogen-bond acceptors (Lipinski definition) is 2. The zero-order valence-electron chi connectivity index (χ0n) is 9.95. The third kappa shape index (κ3) is 3.80. The van der Waals surface area contributed by atoms with Crippen LogP contribution in [0.15, 0.2) is 22.8 Å². The number of halogens is 1. The number of nitrogens with one attached hydrogen (secondary N) is 1. The lowest BCUT2D eigenvalue weighted by Gasteiger charge is -2.32. The summed E-state index contributed by atoms with van der Waals surface area (Å²) in [6.45, 7) is 2.27. The number of amides is 1. The van der Waals surface area contributed by atoms with Crippen LogP contribution in [0.4, 0.5) is 5.82 Å². The summed E-state index contributed by atoms with van der Waals surface area (Å²) < 4.78 is 0.739. The van der Waals surface area contributed by atoms with Gasteiger partial charge in [0.25, 0.3) is 0 Å². The largest absolute Gasteiger partial charge is 0.311 e. The molecular formula is C13H17BrN2O. The number of anilines is 1. The van der Waals surface area contributed by atoms with Crippen LogP contribution in [-0.2, 0) is 4.79 Å². The van der Waals surface area contributed by atoms with Crippen LogP contribution in [0.2, 0.25) is 0 Å². The second-order valence-corrected chi connectivity index (χ2v) is 5.69. The quantitative estimate of drug-likeness (QED) is 0.863. The summed E-state index contributed by atoms with van der Waals surface area (Å²) in [7, 11) is 0. The van der Waals surface area contributed by atoms with Gasteiger partial charge in [-0.3, -0.25) is 4.79 Å². The Hall–Kier alpha value is -0.900. The molecule has 0 unspecified atom stereocenters. The van der Waals surface area contributed by atoms with Gasteiger partial charge in [-0.15, -0.1) is 0 Å². The predicted molar refractivity (Wildman–Crippen MR) is 71.7 cm³/mol. The third-order valence-electron chi connectivity index (χ3n) is 3.23. The zero-order valence-corrected chi connectivity index (χ0v) is 11.5. The van der Waals surface area contributed by atoms with Crippen molar-refractivity contribution in [1.29, 1.82) is 0 Å². The molecule has 1 heterocycles. The number of aromatic nitrogens is 1. The molecule has 0 radical (unpaired) electrons. The van der Waals surface area contributed by atoms with Crippen LogP contribution in [0.5, 0.6) is 0 Å². The Labute approximate surface area is 110 Å². The lowest BCUT2D eigenvalue weighted by Crippen LogP contribution is -2.23. The van der Waals surface area contributed by atoms with E-state index in [2.05, 4.69) is 33.2 Å². The second kappa shape index (κ2) is 5.63. The van der Waals surface area contributed by atoms with Crippen LogP contribution in [0, 0.1) is 11.8 Å². The van der Waals surface area contributed by atoms with Gasteiger partial charge in [0.15, 0.2) is 0 Å². The maximum absolute atomic E-state index is 11.7. The van der Waals surface area contributed by atoms with E-state index in [0.717, 1.165) is 22.9 Å². The van der Waals surface area contributed by atoms with Crippen molar-refractivity contribution in [3.63, 3.8) is 0 Å². The van der Waals surface area contributed by atoms with Crippen LogP contribution in [0.1, 0.15) is 32.6 Å². The Morgan fingerprint density at radius 3 is 2.94 bits per heavy atom. The summed E-state index contributed by atoms with van der Waals surface area (Å²) in [6.07, 6.45) is 4.17. The van der Waals surface area contributed by atoms with E-state index < -0.39 is 0 Å². The fourth-order valence-corrected chi connectivity index (χ4v) is 2.67. The lowest BCUT2D eigenvalue weighted by molar-refractivity contribution is -0.116. The molecule has 0 aliphatic heterocycles. The summed E-state index contributed by atoms with van der Waals surface area (Å²) in [5.41, 5.74) is 0. The van der Waals surface area contributed by atoms with E-state index in [1.54, 1.807) is 6.07 Å². The molecule has 1 amide bonds. The molecule has 17 heavy (non-hydrogen) atoms. The summed E-state index contributed by atoms with van der Waals surface area (Å²) in [5, 5.41) is 2.82. The van der Waals surface area contributed by atoms with E-state index in [9.17, 15) is 4.79 Å². The average molecular weight is 297 g/mol. The minimum atomic E-state index is 0.0650. The van der Waals surface area contributed by atoms with Crippen molar-refractivity contribution in [3.8, 4) is 0 Å². The van der Waals surface area contributed by atoms with Crippen molar-refractivity contribution < 1.29 is 4.79 Å². The van der Waals surface area contributed by atoms with E-state index in [-0.39, 0.29) is 5.91 Å². The molecule has 1 N–H and O–H groups in total. The normalized spacial score (nSPS) is 22.9. The first-order valence-corrected chi connectivity index (χ1v) is 6.85. The third-order valence-corrected chi connectivity index (χ3v) is 3.68. The molecule has 1 aromatic heterocycles. The van der Waals surface area contributed by atoms with Crippen molar-refractivity contribution >= 4 is 27.7 Å². The van der Waals surface area contributed by atoms with Crippen molar-refractivity contribution in [3.05, 3.63) is 22.8 Å². The smallest absolute Gasteiger partial charge is 0.225 e. The van der Waals surface area contributed by atoms with E-state index in [1.807, 2.05) is 12.1 Å². The van der Waals surface area contributed by atoms with Gasteiger partial charge in [-0.25, -0.2) is 4.98 Å². The highest BCUT2D eigenvalue weighted by atomic mass is 79.9. The molecule has 1 saturated carbocycles. The molecule has 0 atom stereocenters. The topological polar surface area (TPSA) is 42.0 Å². The Balaban J connectivity index is 1.73. The van der Waals surface area contributed by atoms with Gasteiger partial charge in [0.05, 0.1) is 0 Å². The van der Waals surface area contributed by atoms with Gasteiger partial charge < -0.3 is 5.32 Å². The molecule has 1 aromatic rings. The van der Waals surface area contributed by atoms with Crippen LogP contribution >= 0.6 is 15.9 Å². The lowest BCUT2D eigenvalue weighted by atomic mass is 9.74. The molecule has 0 aromatic carbocycles. The van der Waals surface area contributed by atoms with Gasteiger partial charge >= 0.3 is 0 Å². The zero-order chi connectivity index (χ0) is 12.3. The summed E-state index contributed by atoms with van der Waals surface area (Å²) in [6, 6.07) is 5.50. The Kier molecular flexibility index (Phi) is 4.15. The fraction of sp³-hybridized carbons (Fsp3) is 0.538. The first kappa shape index (κ1) is 12.6. The predicted octanol–water partition coefficient (Wildman–Crippen LogP) is 3.61. The van der Waals surface area contributed by atoms with Crippen LogP contribution in [0.3, 0.4) is 0 Å². The number of pyridine rings is 1. The molecule has 1 aliphatic carbocycles. The first-order chi connectivity index (χ1) is 8.13. The summed E-state index contributed by atoms with van der Waals surface area (Å²) in [5.74, 6) is 2.29. The van der Waals surface area contributed by atoms with Crippen molar-refractivity contribution in [2.75, 3.05) is 5.32 Å². The van der Waals surface area contributed by atoms with Crippen LogP contribution in [-0.4, -0.2) is 10.9 Å². The van der Waals surface area contributed by atoms with Gasteiger partial charge in [-0.1, -0.05) is 13.0 Å². The molecule has 2 rings (SSSR count). The van der Waals surface area contributed by atoms with Crippen molar-refractivity contribution in [2.45, 2.75) is 32.6 Å². The van der Waals surface area contributed by atoms with Gasteiger partial charge in [0.2, 0.25) is 5.91 Å². The number of carbonyl (C=O) groups excluding carboxylic acids is 1. The molecule has 4 heteroatoms. The number of carbonyl (C=O) groups is 1. The molecule has 1 aliphatic rings. The fourth-order valence-electron chi connectivity index (χ4n) is 2.32. The van der Waals surface area contributed by atoms with Crippen molar-refractivity contribution in [1.82, 2.24) is 4.98 Å². The highest BCUT2D eigenvalue weighted by Crippen LogP contribution is 2.36. The highest BCUT2D eigenvalue weighted by molar-refractivity contribution is 9.10. The van der Waals surface area contributed by atoms with Gasteiger partial charge in [0, 0.05) is 6.42 Å². The molecule has 0 spiro atoms. The maximum Gasteiger partial charge on any atom is 0.225 e. The highest BCUT2D eigenvalue weighted by Gasteiger charge is 2.25. The minimum Gasteiger partial charge on any atom is -0.311 e. The molecule has 0 bridgehead atoms. The van der Waals surface area contributed by atoms with E-state index >= 15 is 0 Å². The Morgan fingerprint density at radius 2 is 2.29 bits per heavy atom. The first-order valence-electron chi connectivity index (χ1n) is 6.06. The Morgan fingerprint density at radius 1 is 1.53 bits per heavy atom. The van der Waals surface area contributed by atoms with E-state index in [4.69, 9.17) is 0 Å². The Bertz CT molecular complexity index is 402. The SMILES string of the molecule is CC1CC(CCC(=O)Nc2cccc(Br)n2)C1. The van der Waals surface area contributed by atoms with E-state index in [0.29, 0.717) is 12.2 Å². The minimum absolute atomic E-state index is 0.0650. The second-order valence-electron chi connectivity index (χ2n) is 4.88.